The lowest BCUT2D eigenvalue weighted by molar-refractivity contribution is -0.129. The fraction of sp³-hybridized carbons (Fsp3) is 0.533. The molecule has 0 radical (unpaired) electrons. The van der Waals surface area contributed by atoms with Crippen molar-refractivity contribution in [3.05, 3.63) is 29.8 Å². The molecule has 1 amide bonds. The lowest BCUT2D eigenvalue weighted by Gasteiger charge is -2.21. The highest BCUT2D eigenvalue weighted by atomic mass is 32.1. The molecule has 3 heteroatoms. The Bertz CT molecular complexity index is 395. The minimum absolute atomic E-state index is 0.216. The molecule has 0 saturated heterocycles. The number of carbonyl (C=O) groups excluding carboxylic acids is 1. The molecule has 2 rings (SSSR count). The number of carbonyl (C=O) groups is 1. The van der Waals surface area contributed by atoms with Crippen LogP contribution in [-0.4, -0.2) is 24.4 Å². The molecular formula is C15H21NOS. The summed E-state index contributed by atoms with van der Waals surface area (Å²) < 4.78 is 0. The van der Waals surface area contributed by atoms with Gasteiger partial charge in [0.2, 0.25) is 5.91 Å². The third-order valence-corrected chi connectivity index (χ3v) is 4.02. The second kappa shape index (κ2) is 6.28. The number of benzene rings is 1. The number of likely N-dealkylation sites (N-methyl/N-ethyl adjacent to an activating group) is 1. The van der Waals surface area contributed by atoms with E-state index in [1.165, 1.54) is 25.7 Å². The van der Waals surface area contributed by atoms with Gasteiger partial charge in [-0.25, -0.2) is 0 Å². The molecule has 1 aliphatic carbocycles. The van der Waals surface area contributed by atoms with Gasteiger partial charge in [-0.05, 0) is 36.5 Å². The molecule has 2 nitrogen and oxygen atoms in total. The van der Waals surface area contributed by atoms with Gasteiger partial charge in [0.1, 0.15) is 0 Å². The van der Waals surface area contributed by atoms with E-state index in [0.29, 0.717) is 6.42 Å². The van der Waals surface area contributed by atoms with Gasteiger partial charge in [0.05, 0.1) is 6.42 Å². The van der Waals surface area contributed by atoms with Gasteiger partial charge in [-0.3, -0.25) is 4.79 Å². The van der Waals surface area contributed by atoms with Gasteiger partial charge in [0.15, 0.2) is 0 Å². The zero-order valence-electron chi connectivity index (χ0n) is 10.9. The molecule has 1 aromatic rings. The van der Waals surface area contributed by atoms with Crippen LogP contribution in [0.3, 0.4) is 0 Å². The van der Waals surface area contributed by atoms with Crippen molar-refractivity contribution in [1.82, 2.24) is 4.90 Å². The van der Waals surface area contributed by atoms with E-state index in [-0.39, 0.29) is 5.91 Å². The van der Waals surface area contributed by atoms with Crippen LogP contribution in [0.25, 0.3) is 0 Å². The number of nitrogens with zero attached hydrogens (tertiary/aromatic N) is 1. The van der Waals surface area contributed by atoms with Crippen molar-refractivity contribution >= 4 is 18.5 Å². The number of rotatable bonds is 4. The van der Waals surface area contributed by atoms with Crippen LogP contribution < -0.4 is 0 Å². The van der Waals surface area contributed by atoms with E-state index in [4.69, 9.17) is 0 Å². The normalized spacial score (nSPS) is 15.9. The van der Waals surface area contributed by atoms with Crippen LogP contribution in [-0.2, 0) is 11.2 Å². The van der Waals surface area contributed by atoms with E-state index in [2.05, 4.69) is 12.6 Å². The van der Waals surface area contributed by atoms with E-state index >= 15 is 0 Å². The summed E-state index contributed by atoms with van der Waals surface area (Å²) in [5.74, 6) is 0.938. The Kier molecular flexibility index (Phi) is 4.70. The van der Waals surface area contributed by atoms with E-state index in [1.807, 2.05) is 36.2 Å². The molecular weight excluding hydrogens is 242 g/mol. The summed E-state index contributed by atoms with van der Waals surface area (Å²) in [7, 11) is 1.92. The largest absolute Gasteiger partial charge is 0.345 e. The molecule has 0 bridgehead atoms. The Morgan fingerprint density at radius 2 is 1.89 bits per heavy atom. The SMILES string of the molecule is CN(CC1CCCC1)C(=O)Cc1ccc(S)cc1. The zero-order chi connectivity index (χ0) is 13.0. The van der Waals surface area contributed by atoms with Crippen molar-refractivity contribution in [2.75, 3.05) is 13.6 Å². The van der Waals surface area contributed by atoms with Crippen LogP contribution in [0.2, 0.25) is 0 Å². The molecule has 1 aliphatic rings. The topological polar surface area (TPSA) is 20.3 Å². The lowest BCUT2D eigenvalue weighted by Crippen LogP contribution is -2.32. The van der Waals surface area contributed by atoms with Crippen molar-refractivity contribution < 1.29 is 4.79 Å². The first kappa shape index (κ1) is 13.5. The summed E-state index contributed by atoms with van der Waals surface area (Å²) in [6, 6.07) is 7.82. The molecule has 1 saturated carbocycles. The van der Waals surface area contributed by atoms with Crippen LogP contribution >= 0.6 is 12.6 Å². The minimum atomic E-state index is 0.216. The predicted octanol–water partition coefficient (Wildman–Crippen LogP) is 3.17. The van der Waals surface area contributed by atoms with Crippen LogP contribution in [0, 0.1) is 5.92 Å². The van der Waals surface area contributed by atoms with E-state index < -0.39 is 0 Å². The zero-order valence-corrected chi connectivity index (χ0v) is 11.8. The van der Waals surface area contributed by atoms with Crippen LogP contribution in [0.4, 0.5) is 0 Å². The molecule has 0 aliphatic heterocycles. The first-order valence-electron chi connectivity index (χ1n) is 6.67. The molecule has 98 valence electrons. The Morgan fingerprint density at radius 3 is 2.50 bits per heavy atom. The maximum atomic E-state index is 12.1. The van der Waals surface area contributed by atoms with E-state index in [0.717, 1.165) is 22.9 Å². The Morgan fingerprint density at radius 1 is 1.28 bits per heavy atom. The molecule has 1 fully saturated rings. The van der Waals surface area contributed by atoms with E-state index in [9.17, 15) is 4.79 Å². The van der Waals surface area contributed by atoms with Crippen LogP contribution in [0.1, 0.15) is 31.2 Å². The van der Waals surface area contributed by atoms with Gasteiger partial charge in [0, 0.05) is 18.5 Å². The molecule has 0 N–H and O–H groups in total. The number of amides is 1. The minimum Gasteiger partial charge on any atom is -0.345 e. The number of hydrogen-bond donors (Lipinski definition) is 1. The summed E-state index contributed by atoms with van der Waals surface area (Å²) >= 11 is 4.24. The third kappa shape index (κ3) is 3.77. The quantitative estimate of drug-likeness (QED) is 0.827. The van der Waals surface area contributed by atoms with Gasteiger partial charge < -0.3 is 4.90 Å². The third-order valence-electron chi connectivity index (χ3n) is 3.72. The monoisotopic (exact) mass is 263 g/mol. The fourth-order valence-corrected chi connectivity index (χ4v) is 2.75. The Balaban J connectivity index is 1.84. The van der Waals surface area contributed by atoms with Gasteiger partial charge in [-0.2, -0.15) is 0 Å². The first-order valence-corrected chi connectivity index (χ1v) is 7.12. The molecule has 0 heterocycles. The molecule has 0 spiro atoms. The Hall–Kier alpha value is -0.960. The maximum Gasteiger partial charge on any atom is 0.226 e. The highest BCUT2D eigenvalue weighted by Crippen LogP contribution is 2.25. The molecule has 1 aromatic carbocycles. The predicted molar refractivity (Wildman–Crippen MR) is 77.0 cm³/mol. The molecule has 0 unspecified atom stereocenters. The van der Waals surface area contributed by atoms with Crippen LogP contribution in [0.15, 0.2) is 29.2 Å². The number of thiol groups is 1. The summed E-state index contributed by atoms with van der Waals surface area (Å²) in [4.78, 5) is 14.9. The summed E-state index contributed by atoms with van der Waals surface area (Å²) in [6.07, 6.45) is 5.72. The van der Waals surface area contributed by atoms with Crippen molar-refractivity contribution in [2.45, 2.75) is 37.0 Å². The second-order valence-electron chi connectivity index (χ2n) is 5.27. The van der Waals surface area contributed by atoms with Crippen molar-refractivity contribution in [3.8, 4) is 0 Å². The summed E-state index contributed by atoms with van der Waals surface area (Å²) in [5.41, 5.74) is 1.07. The standard InChI is InChI=1S/C15H21NOS/c1-16(11-13-4-2-3-5-13)15(17)10-12-6-8-14(18)9-7-12/h6-9,13,18H,2-5,10-11H2,1H3. The first-order chi connectivity index (χ1) is 8.65. The van der Waals surface area contributed by atoms with Gasteiger partial charge in [-0.15, -0.1) is 12.6 Å². The molecule has 18 heavy (non-hydrogen) atoms. The van der Waals surface area contributed by atoms with Gasteiger partial charge >= 0.3 is 0 Å². The maximum absolute atomic E-state index is 12.1. The fourth-order valence-electron chi connectivity index (χ4n) is 2.61. The summed E-state index contributed by atoms with van der Waals surface area (Å²) in [5, 5.41) is 0. The summed E-state index contributed by atoms with van der Waals surface area (Å²) in [6.45, 7) is 0.920. The van der Waals surface area contributed by atoms with Crippen LogP contribution in [0.5, 0.6) is 0 Å². The molecule has 0 atom stereocenters. The Labute approximate surface area is 115 Å². The number of hydrogen-bond acceptors (Lipinski definition) is 2. The highest BCUT2D eigenvalue weighted by molar-refractivity contribution is 7.80. The van der Waals surface area contributed by atoms with Gasteiger partial charge in [-0.1, -0.05) is 25.0 Å². The highest BCUT2D eigenvalue weighted by Gasteiger charge is 2.19. The smallest absolute Gasteiger partial charge is 0.226 e. The van der Waals surface area contributed by atoms with Crippen molar-refractivity contribution in [2.24, 2.45) is 5.92 Å². The van der Waals surface area contributed by atoms with Crippen molar-refractivity contribution in [3.63, 3.8) is 0 Å². The second-order valence-corrected chi connectivity index (χ2v) is 5.78. The van der Waals surface area contributed by atoms with Crippen molar-refractivity contribution in [1.29, 1.82) is 0 Å². The molecule has 0 aromatic heterocycles. The van der Waals surface area contributed by atoms with E-state index in [1.54, 1.807) is 0 Å². The van der Waals surface area contributed by atoms with Gasteiger partial charge in [0.25, 0.3) is 0 Å². The lowest BCUT2D eigenvalue weighted by atomic mass is 10.1. The average molecular weight is 263 g/mol. The average Bonchev–Trinajstić information content (AvgIpc) is 2.85.